The number of pyridine rings is 1. The molecule has 4 nitrogen and oxygen atoms in total. The van der Waals surface area contributed by atoms with Crippen molar-refractivity contribution in [2.75, 3.05) is 5.73 Å². The van der Waals surface area contributed by atoms with Gasteiger partial charge in [-0.15, -0.1) is 11.8 Å². The third-order valence-corrected chi connectivity index (χ3v) is 3.84. The molecular weight excluding hydrogens is 224 g/mol. The van der Waals surface area contributed by atoms with Gasteiger partial charge in [0.25, 0.3) is 0 Å². The number of hydrogen-bond acceptors (Lipinski definition) is 4. The van der Waals surface area contributed by atoms with Gasteiger partial charge in [0.2, 0.25) is 0 Å². The van der Waals surface area contributed by atoms with Crippen LogP contribution in [0.2, 0.25) is 0 Å². The molecule has 5 heteroatoms. The lowest BCUT2D eigenvalue weighted by molar-refractivity contribution is 0.0696. The summed E-state index contributed by atoms with van der Waals surface area (Å²) in [6.07, 6.45) is 1.34. The van der Waals surface area contributed by atoms with Crippen LogP contribution in [0.5, 0.6) is 0 Å². The van der Waals surface area contributed by atoms with Crippen molar-refractivity contribution in [1.29, 1.82) is 0 Å². The van der Waals surface area contributed by atoms with E-state index in [1.165, 1.54) is 12.3 Å². The molecule has 1 aromatic rings. The van der Waals surface area contributed by atoms with Gasteiger partial charge in [0.1, 0.15) is 5.03 Å². The number of carboxylic acids is 1. The van der Waals surface area contributed by atoms with E-state index in [0.717, 1.165) is 0 Å². The standard InChI is InChI=1S/C11H16N2O2S/c1-6(2)7(3)16-10-9(12)4-8(5-13-10)11(14)15/h4-7H,12H2,1-3H3,(H,14,15). The molecule has 0 aromatic carbocycles. The van der Waals surface area contributed by atoms with Gasteiger partial charge >= 0.3 is 5.97 Å². The number of aromatic carboxylic acids is 1. The van der Waals surface area contributed by atoms with Gasteiger partial charge in [-0.2, -0.15) is 0 Å². The maximum absolute atomic E-state index is 10.7. The van der Waals surface area contributed by atoms with Gasteiger partial charge in [-0.05, 0) is 12.0 Å². The molecule has 0 radical (unpaired) electrons. The Kier molecular flexibility index (Phi) is 4.18. The fourth-order valence-electron chi connectivity index (χ4n) is 0.997. The topological polar surface area (TPSA) is 76.2 Å². The van der Waals surface area contributed by atoms with Crippen LogP contribution in [0, 0.1) is 5.92 Å². The van der Waals surface area contributed by atoms with Crippen LogP contribution < -0.4 is 5.73 Å². The van der Waals surface area contributed by atoms with Crippen LogP contribution in [0.15, 0.2) is 17.3 Å². The third-order valence-electron chi connectivity index (χ3n) is 2.36. The van der Waals surface area contributed by atoms with E-state index in [2.05, 4.69) is 25.8 Å². The van der Waals surface area contributed by atoms with Crippen LogP contribution in [-0.4, -0.2) is 21.3 Å². The first-order valence-corrected chi connectivity index (χ1v) is 5.95. The number of nitrogens with zero attached hydrogens (tertiary/aromatic N) is 1. The Morgan fingerprint density at radius 2 is 2.12 bits per heavy atom. The molecule has 0 bridgehead atoms. The lowest BCUT2D eigenvalue weighted by Crippen LogP contribution is -2.07. The fraction of sp³-hybridized carbons (Fsp3) is 0.455. The summed E-state index contributed by atoms with van der Waals surface area (Å²) in [5, 5.41) is 9.86. The number of carbonyl (C=O) groups is 1. The van der Waals surface area contributed by atoms with Crippen molar-refractivity contribution in [3.05, 3.63) is 17.8 Å². The lowest BCUT2D eigenvalue weighted by Gasteiger charge is -2.15. The molecule has 0 fully saturated rings. The second-order valence-electron chi connectivity index (χ2n) is 3.99. The second kappa shape index (κ2) is 5.21. The van der Waals surface area contributed by atoms with Crippen LogP contribution in [0.25, 0.3) is 0 Å². The molecule has 16 heavy (non-hydrogen) atoms. The molecule has 0 amide bonds. The van der Waals surface area contributed by atoms with Crippen molar-refractivity contribution in [1.82, 2.24) is 4.98 Å². The number of aromatic nitrogens is 1. The molecule has 0 aliphatic heterocycles. The first-order valence-electron chi connectivity index (χ1n) is 5.07. The van der Waals surface area contributed by atoms with E-state index in [1.807, 2.05) is 0 Å². The van der Waals surface area contributed by atoms with Crippen LogP contribution in [0.4, 0.5) is 5.69 Å². The first kappa shape index (κ1) is 12.8. The number of rotatable bonds is 4. The largest absolute Gasteiger partial charge is 0.478 e. The van der Waals surface area contributed by atoms with Gasteiger partial charge in [-0.3, -0.25) is 0 Å². The van der Waals surface area contributed by atoms with Gasteiger partial charge < -0.3 is 10.8 Å². The number of thioether (sulfide) groups is 1. The summed E-state index contributed by atoms with van der Waals surface area (Å²) in [6, 6.07) is 1.45. The molecule has 0 saturated carbocycles. The Labute approximate surface area is 99.3 Å². The SMILES string of the molecule is CC(C)C(C)Sc1ncc(C(=O)O)cc1N. The summed E-state index contributed by atoms with van der Waals surface area (Å²) in [5.41, 5.74) is 6.31. The van der Waals surface area contributed by atoms with Gasteiger partial charge in [0, 0.05) is 11.4 Å². The van der Waals surface area contributed by atoms with Gasteiger partial charge in [0.05, 0.1) is 11.3 Å². The predicted octanol–water partition coefficient (Wildman–Crippen LogP) is 2.50. The minimum atomic E-state index is -1.01. The Balaban J connectivity index is 2.87. The molecular formula is C11H16N2O2S. The Bertz CT molecular complexity index is 394. The zero-order valence-electron chi connectivity index (χ0n) is 9.60. The summed E-state index contributed by atoms with van der Waals surface area (Å²) in [4.78, 5) is 14.8. The summed E-state index contributed by atoms with van der Waals surface area (Å²) >= 11 is 1.57. The average molecular weight is 240 g/mol. The molecule has 0 spiro atoms. The molecule has 1 atom stereocenters. The monoisotopic (exact) mass is 240 g/mol. The van der Waals surface area contributed by atoms with E-state index in [1.54, 1.807) is 11.8 Å². The quantitative estimate of drug-likeness (QED) is 0.791. The Morgan fingerprint density at radius 3 is 2.56 bits per heavy atom. The highest BCUT2D eigenvalue weighted by molar-refractivity contribution is 8.00. The van der Waals surface area contributed by atoms with Gasteiger partial charge in [-0.25, -0.2) is 9.78 Å². The normalized spacial score (nSPS) is 12.8. The molecule has 1 aromatic heterocycles. The molecule has 1 unspecified atom stereocenters. The minimum absolute atomic E-state index is 0.124. The van der Waals surface area contributed by atoms with Crippen molar-refractivity contribution >= 4 is 23.4 Å². The van der Waals surface area contributed by atoms with Crippen molar-refractivity contribution in [2.24, 2.45) is 5.92 Å². The molecule has 0 aliphatic rings. The van der Waals surface area contributed by atoms with E-state index < -0.39 is 5.97 Å². The highest BCUT2D eigenvalue weighted by atomic mass is 32.2. The number of hydrogen-bond donors (Lipinski definition) is 2. The maximum atomic E-state index is 10.7. The number of nitrogens with two attached hydrogens (primary N) is 1. The van der Waals surface area contributed by atoms with Crippen molar-refractivity contribution in [2.45, 2.75) is 31.0 Å². The zero-order chi connectivity index (χ0) is 12.3. The predicted molar refractivity (Wildman–Crippen MR) is 65.8 cm³/mol. The minimum Gasteiger partial charge on any atom is -0.478 e. The molecule has 1 heterocycles. The summed E-state index contributed by atoms with van der Waals surface area (Å²) in [5.74, 6) is -0.488. The van der Waals surface area contributed by atoms with Crippen LogP contribution in [0.1, 0.15) is 31.1 Å². The van der Waals surface area contributed by atoms with Gasteiger partial charge in [-0.1, -0.05) is 20.8 Å². The van der Waals surface area contributed by atoms with Crippen LogP contribution >= 0.6 is 11.8 Å². The highest BCUT2D eigenvalue weighted by Crippen LogP contribution is 2.30. The molecule has 0 aliphatic carbocycles. The average Bonchev–Trinajstić information content (AvgIpc) is 2.20. The Morgan fingerprint density at radius 1 is 1.50 bits per heavy atom. The fourth-order valence-corrected chi connectivity index (χ4v) is 1.93. The maximum Gasteiger partial charge on any atom is 0.337 e. The first-order chi connectivity index (χ1) is 7.41. The van der Waals surface area contributed by atoms with E-state index >= 15 is 0 Å². The molecule has 0 saturated heterocycles. The highest BCUT2D eigenvalue weighted by Gasteiger charge is 2.13. The van der Waals surface area contributed by atoms with Crippen LogP contribution in [-0.2, 0) is 0 Å². The summed E-state index contributed by atoms with van der Waals surface area (Å²) < 4.78 is 0. The van der Waals surface area contributed by atoms with E-state index in [0.29, 0.717) is 21.9 Å². The van der Waals surface area contributed by atoms with E-state index in [9.17, 15) is 4.79 Å². The second-order valence-corrected chi connectivity index (χ2v) is 5.36. The Hall–Kier alpha value is -1.23. The van der Waals surface area contributed by atoms with Crippen molar-refractivity contribution < 1.29 is 9.90 Å². The van der Waals surface area contributed by atoms with Gasteiger partial charge in [0.15, 0.2) is 0 Å². The van der Waals surface area contributed by atoms with E-state index in [-0.39, 0.29) is 5.56 Å². The zero-order valence-corrected chi connectivity index (χ0v) is 10.4. The number of anilines is 1. The van der Waals surface area contributed by atoms with E-state index in [4.69, 9.17) is 10.8 Å². The summed E-state index contributed by atoms with van der Waals surface area (Å²) in [6.45, 7) is 6.35. The lowest BCUT2D eigenvalue weighted by atomic mass is 10.2. The smallest absolute Gasteiger partial charge is 0.337 e. The van der Waals surface area contributed by atoms with Crippen molar-refractivity contribution in [3.63, 3.8) is 0 Å². The molecule has 88 valence electrons. The van der Waals surface area contributed by atoms with Crippen molar-refractivity contribution in [3.8, 4) is 0 Å². The van der Waals surface area contributed by atoms with Crippen LogP contribution in [0.3, 0.4) is 0 Å². The number of carboxylic acid groups (broad SMARTS) is 1. The molecule has 1 rings (SSSR count). The summed E-state index contributed by atoms with van der Waals surface area (Å²) in [7, 11) is 0. The number of nitrogen functional groups attached to an aromatic ring is 1. The molecule has 3 N–H and O–H groups in total. The third kappa shape index (κ3) is 3.13.